The van der Waals surface area contributed by atoms with Crippen molar-refractivity contribution < 1.29 is 0 Å². The second kappa shape index (κ2) is 5.58. The molecule has 0 aromatic heterocycles. The lowest BCUT2D eigenvalue weighted by Gasteiger charge is -2.31. The van der Waals surface area contributed by atoms with Gasteiger partial charge in [0.2, 0.25) is 0 Å². The lowest BCUT2D eigenvalue weighted by Crippen LogP contribution is -2.36. The fourth-order valence-electron chi connectivity index (χ4n) is 3.51. The smallest absolute Gasteiger partial charge is 0.103 e. The van der Waals surface area contributed by atoms with Crippen molar-refractivity contribution in [2.45, 2.75) is 33.9 Å². The molecule has 0 saturated carbocycles. The zero-order valence-corrected chi connectivity index (χ0v) is 14.7. The monoisotopic (exact) mass is 316 g/mol. The second-order valence-corrected chi connectivity index (χ2v) is 6.37. The summed E-state index contributed by atoms with van der Waals surface area (Å²) < 4.78 is 0. The van der Waals surface area contributed by atoms with Crippen molar-refractivity contribution in [1.29, 1.82) is 10.5 Å². The van der Waals surface area contributed by atoms with Gasteiger partial charge < -0.3 is 9.80 Å². The molecule has 0 radical (unpaired) electrons. The van der Waals surface area contributed by atoms with Gasteiger partial charge in [-0.1, -0.05) is 12.1 Å². The largest absolute Gasteiger partial charge is 0.351 e. The Labute approximate surface area is 143 Å². The number of benzene rings is 2. The summed E-state index contributed by atoms with van der Waals surface area (Å²) in [5.74, 6) is 0. The molecule has 0 unspecified atom stereocenters. The van der Waals surface area contributed by atoms with Crippen LogP contribution in [0, 0.1) is 43.4 Å². The molecule has 4 heteroatoms. The van der Waals surface area contributed by atoms with Gasteiger partial charge >= 0.3 is 0 Å². The Hall–Kier alpha value is -2.98. The van der Waals surface area contributed by atoms with Crippen molar-refractivity contribution in [3.8, 4) is 12.1 Å². The summed E-state index contributed by atoms with van der Waals surface area (Å²) in [4.78, 5) is 4.35. The number of hydrogen-bond acceptors (Lipinski definition) is 4. The Morgan fingerprint density at radius 2 is 1.58 bits per heavy atom. The predicted molar refractivity (Wildman–Crippen MR) is 96.5 cm³/mol. The zero-order chi connectivity index (χ0) is 17.6. The first-order chi connectivity index (χ1) is 11.4. The van der Waals surface area contributed by atoms with E-state index in [2.05, 4.69) is 61.8 Å². The van der Waals surface area contributed by atoms with Crippen molar-refractivity contribution in [2.24, 2.45) is 0 Å². The van der Waals surface area contributed by atoms with E-state index in [4.69, 9.17) is 0 Å². The van der Waals surface area contributed by atoms with Crippen LogP contribution in [0.2, 0.25) is 0 Å². The fourth-order valence-corrected chi connectivity index (χ4v) is 3.51. The standard InChI is InChI=1S/C20H20N4/c1-12-6-7-13(2)19(14(12)3)24-15(4)23(5)20-17(11-22)16(10-21)8-9-18(20)24/h6-9,15H,1-5H3/t15-/m0/s1. The highest BCUT2D eigenvalue weighted by atomic mass is 15.4. The van der Waals surface area contributed by atoms with Gasteiger partial charge in [-0.25, -0.2) is 0 Å². The number of aryl methyl sites for hydroxylation is 2. The molecule has 1 atom stereocenters. The van der Waals surface area contributed by atoms with Gasteiger partial charge in [0.25, 0.3) is 0 Å². The molecule has 0 spiro atoms. The van der Waals surface area contributed by atoms with Crippen LogP contribution in [0.25, 0.3) is 0 Å². The summed E-state index contributed by atoms with van der Waals surface area (Å²) in [7, 11) is 1.98. The highest BCUT2D eigenvalue weighted by Gasteiger charge is 2.36. The third-order valence-corrected chi connectivity index (χ3v) is 5.08. The lowest BCUT2D eigenvalue weighted by molar-refractivity contribution is 0.730. The molecule has 0 aliphatic carbocycles. The minimum Gasteiger partial charge on any atom is -0.351 e. The average Bonchev–Trinajstić information content (AvgIpc) is 2.83. The summed E-state index contributed by atoms with van der Waals surface area (Å²) in [6.07, 6.45) is 0.0697. The summed E-state index contributed by atoms with van der Waals surface area (Å²) >= 11 is 0. The molecule has 24 heavy (non-hydrogen) atoms. The van der Waals surface area contributed by atoms with Crippen molar-refractivity contribution in [2.75, 3.05) is 16.8 Å². The molecule has 1 aliphatic rings. The maximum absolute atomic E-state index is 9.58. The molecule has 4 nitrogen and oxygen atoms in total. The molecule has 2 aromatic rings. The van der Waals surface area contributed by atoms with E-state index in [0.29, 0.717) is 11.1 Å². The van der Waals surface area contributed by atoms with Gasteiger partial charge in [-0.2, -0.15) is 10.5 Å². The van der Waals surface area contributed by atoms with Gasteiger partial charge in [-0.3, -0.25) is 0 Å². The number of anilines is 3. The van der Waals surface area contributed by atoms with Crippen LogP contribution in [-0.2, 0) is 0 Å². The van der Waals surface area contributed by atoms with Gasteiger partial charge in [0, 0.05) is 12.7 Å². The van der Waals surface area contributed by atoms with E-state index >= 15 is 0 Å². The van der Waals surface area contributed by atoms with Crippen molar-refractivity contribution in [3.63, 3.8) is 0 Å². The first-order valence-corrected chi connectivity index (χ1v) is 7.98. The molecular formula is C20H20N4. The van der Waals surface area contributed by atoms with E-state index in [0.717, 1.165) is 11.4 Å². The summed E-state index contributed by atoms with van der Waals surface area (Å²) in [6, 6.07) is 12.3. The Morgan fingerprint density at radius 3 is 2.21 bits per heavy atom. The molecule has 1 aliphatic heterocycles. The van der Waals surface area contributed by atoms with Gasteiger partial charge in [0.15, 0.2) is 0 Å². The predicted octanol–water partition coefficient (Wildman–Crippen LogP) is 4.29. The van der Waals surface area contributed by atoms with E-state index in [1.165, 1.54) is 22.4 Å². The van der Waals surface area contributed by atoms with Crippen LogP contribution < -0.4 is 9.80 Å². The van der Waals surface area contributed by atoms with E-state index in [-0.39, 0.29) is 6.17 Å². The molecule has 0 N–H and O–H groups in total. The molecule has 2 aromatic carbocycles. The van der Waals surface area contributed by atoms with Crippen LogP contribution in [0.4, 0.5) is 17.1 Å². The first kappa shape index (κ1) is 15.9. The molecule has 0 saturated heterocycles. The number of nitrogens with zero attached hydrogens (tertiary/aromatic N) is 4. The third kappa shape index (κ3) is 2.04. The molecule has 0 fully saturated rings. The molecule has 3 rings (SSSR count). The van der Waals surface area contributed by atoms with E-state index in [1.807, 2.05) is 13.1 Å². The maximum atomic E-state index is 9.58. The quantitative estimate of drug-likeness (QED) is 0.787. The molecule has 0 amide bonds. The summed E-state index contributed by atoms with van der Waals surface area (Å²) in [5.41, 5.74) is 7.57. The summed E-state index contributed by atoms with van der Waals surface area (Å²) in [5, 5.41) is 18.9. The van der Waals surface area contributed by atoms with Crippen LogP contribution >= 0.6 is 0 Å². The highest BCUT2D eigenvalue weighted by molar-refractivity contribution is 5.90. The Balaban J connectivity index is 2.32. The molecule has 120 valence electrons. The van der Waals surface area contributed by atoms with Crippen LogP contribution in [-0.4, -0.2) is 13.2 Å². The fraction of sp³-hybridized carbons (Fsp3) is 0.300. The van der Waals surface area contributed by atoms with E-state index < -0.39 is 0 Å². The van der Waals surface area contributed by atoms with E-state index in [9.17, 15) is 10.5 Å². The van der Waals surface area contributed by atoms with Gasteiger partial charge in [0.1, 0.15) is 18.3 Å². The van der Waals surface area contributed by atoms with Gasteiger partial charge in [-0.05, 0) is 56.5 Å². The van der Waals surface area contributed by atoms with E-state index in [1.54, 1.807) is 6.07 Å². The molecular weight excluding hydrogens is 296 g/mol. The van der Waals surface area contributed by atoms with Gasteiger partial charge in [0.05, 0.1) is 22.5 Å². The van der Waals surface area contributed by atoms with Crippen LogP contribution in [0.15, 0.2) is 24.3 Å². The minimum absolute atomic E-state index is 0.0697. The minimum atomic E-state index is 0.0697. The van der Waals surface area contributed by atoms with Crippen LogP contribution in [0.5, 0.6) is 0 Å². The average molecular weight is 316 g/mol. The van der Waals surface area contributed by atoms with Crippen molar-refractivity contribution in [1.82, 2.24) is 0 Å². The third-order valence-electron chi connectivity index (χ3n) is 5.08. The first-order valence-electron chi connectivity index (χ1n) is 7.98. The maximum Gasteiger partial charge on any atom is 0.103 e. The number of nitriles is 2. The number of hydrogen-bond donors (Lipinski definition) is 0. The molecule has 1 heterocycles. The zero-order valence-electron chi connectivity index (χ0n) is 14.7. The SMILES string of the molecule is Cc1ccc(C)c(N2c3ccc(C#N)c(C#N)c3N(C)[C@@H]2C)c1C. The number of rotatable bonds is 1. The van der Waals surface area contributed by atoms with Crippen LogP contribution in [0.3, 0.4) is 0 Å². The second-order valence-electron chi connectivity index (χ2n) is 6.37. The Kier molecular flexibility index (Phi) is 3.70. The normalized spacial score (nSPS) is 15.9. The van der Waals surface area contributed by atoms with Crippen molar-refractivity contribution in [3.05, 3.63) is 52.1 Å². The highest BCUT2D eigenvalue weighted by Crippen LogP contribution is 2.47. The topological polar surface area (TPSA) is 54.1 Å². The van der Waals surface area contributed by atoms with Crippen LogP contribution in [0.1, 0.15) is 34.7 Å². The molecule has 0 bridgehead atoms. The Bertz CT molecular complexity index is 915. The Morgan fingerprint density at radius 1 is 0.917 bits per heavy atom. The summed E-state index contributed by atoms with van der Waals surface area (Å²) in [6.45, 7) is 8.48. The van der Waals surface area contributed by atoms with Gasteiger partial charge in [-0.15, -0.1) is 0 Å². The number of fused-ring (bicyclic) bond motifs is 1. The lowest BCUT2D eigenvalue weighted by atomic mass is 10.0. The van der Waals surface area contributed by atoms with Crippen molar-refractivity contribution >= 4 is 17.1 Å².